The summed E-state index contributed by atoms with van der Waals surface area (Å²) in [5, 5.41) is 3.05. The molecule has 0 radical (unpaired) electrons. The van der Waals surface area contributed by atoms with Gasteiger partial charge in [-0.05, 0) is 6.42 Å². The minimum Gasteiger partial charge on any atom is -0.306 e. The van der Waals surface area contributed by atoms with Crippen LogP contribution < -0.4 is 5.09 Å². The molecule has 0 aromatic heterocycles. The van der Waals surface area contributed by atoms with E-state index in [1.54, 1.807) is 0 Å². The van der Waals surface area contributed by atoms with Crippen LogP contribution in [0.2, 0.25) is 0 Å². The Morgan fingerprint density at radius 2 is 1.35 bits per heavy atom. The van der Waals surface area contributed by atoms with E-state index in [0.29, 0.717) is 0 Å². The van der Waals surface area contributed by atoms with E-state index >= 15 is 0 Å². The Morgan fingerprint density at radius 1 is 0.882 bits per heavy atom. The van der Waals surface area contributed by atoms with Crippen molar-refractivity contribution in [3.8, 4) is 0 Å². The van der Waals surface area contributed by atoms with Crippen LogP contribution in [0.5, 0.6) is 0 Å². The zero-order valence-corrected chi connectivity index (χ0v) is 13.8. The monoisotopic (exact) mass is 261 g/mol. The van der Waals surface area contributed by atoms with Crippen LogP contribution in [-0.2, 0) is 4.57 Å². The van der Waals surface area contributed by atoms with Crippen molar-refractivity contribution in [2.45, 2.75) is 84.5 Å². The van der Waals surface area contributed by atoms with Crippen molar-refractivity contribution in [2.75, 3.05) is 6.54 Å². The molecule has 1 N–H and O–H groups in total. The predicted molar refractivity (Wildman–Crippen MR) is 79.3 cm³/mol. The zero-order valence-electron chi connectivity index (χ0n) is 12.9. The molecule has 0 heterocycles. The highest BCUT2D eigenvalue weighted by Crippen LogP contribution is 2.63. The van der Waals surface area contributed by atoms with E-state index < -0.39 is 7.29 Å². The van der Waals surface area contributed by atoms with Crippen LogP contribution in [0.3, 0.4) is 0 Å². The Labute approximate surface area is 108 Å². The largest absolute Gasteiger partial charge is 0.306 e. The average molecular weight is 261 g/mol. The molecule has 0 rings (SSSR count). The quantitative estimate of drug-likeness (QED) is 0.536. The summed E-state index contributed by atoms with van der Waals surface area (Å²) in [5.74, 6) is 0. The summed E-state index contributed by atoms with van der Waals surface area (Å²) in [5.41, 5.74) is 0. The molecule has 0 unspecified atom stereocenters. The van der Waals surface area contributed by atoms with Gasteiger partial charge in [-0.15, -0.1) is 0 Å². The van der Waals surface area contributed by atoms with E-state index in [2.05, 4.69) is 53.6 Å². The second-order valence-corrected chi connectivity index (χ2v) is 11.1. The highest BCUT2D eigenvalue weighted by Gasteiger charge is 2.45. The summed E-state index contributed by atoms with van der Waals surface area (Å²) >= 11 is 0. The molecule has 0 spiro atoms. The first-order valence-electron chi connectivity index (χ1n) is 6.91. The van der Waals surface area contributed by atoms with E-state index in [1.165, 1.54) is 19.3 Å². The number of hydrogen-bond acceptors (Lipinski definition) is 1. The molecule has 0 saturated carbocycles. The van der Waals surface area contributed by atoms with Crippen LogP contribution in [-0.4, -0.2) is 16.9 Å². The van der Waals surface area contributed by atoms with E-state index in [1.807, 2.05) is 0 Å². The van der Waals surface area contributed by atoms with Gasteiger partial charge in [0.25, 0.3) is 0 Å². The number of hydrogen-bond donors (Lipinski definition) is 1. The maximum Gasteiger partial charge on any atom is 0.157 e. The first-order chi connectivity index (χ1) is 7.56. The molecule has 0 aromatic rings. The number of rotatable bonds is 6. The molecular weight excluding hydrogens is 229 g/mol. The summed E-state index contributed by atoms with van der Waals surface area (Å²) in [7, 11) is -2.39. The predicted octanol–water partition coefficient (Wildman–Crippen LogP) is 5.03. The lowest BCUT2D eigenvalue weighted by Gasteiger charge is -2.41. The highest BCUT2D eigenvalue weighted by molar-refractivity contribution is 7.65. The van der Waals surface area contributed by atoms with Crippen molar-refractivity contribution in [3.63, 3.8) is 0 Å². The molecule has 104 valence electrons. The summed E-state index contributed by atoms with van der Waals surface area (Å²) in [6.07, 6.45) is 4.88. The van der Waals surface area contributed by atoms with Gasteiger partial charge in [0, 0.05) is 16.9 Å². The Hall–Kier alpha value is 0.190. The molecule has 0 aliphatic heterocycles. The fraction of sp³-hybridized carbons (Fsp3) is 1.00. The van der Waals surface area contributed by atoms with Crippen LogP contribution in [0.4, 0.5) is 0 Å². The third kappa shape index (κ3) is 4.75. The van der Waals surface area contributed by atoms with Crippen molar-refractivity contribution in [1.82, 2.24) is 5.09 Å². The molecule has 3 heteroatoms. The minimum atomic E-state index is -2.39. The van der Waals surface area contributed by atoms with Crippen LogP contribution in [0.15, 0.2) is 0 Å². The van der Waals surface area contributed by atoms with Gasteiger partial charge in [0.05, 0.1) is 0 Å². The molecule has 17 heavy (non-hydrogen) atoms. The molecule has 0 aliphatic carbocycles. The van der Waals surface area contributed by atoms with Gasteiger partial charge in [0.1, 0.15) is 0 Å². The van der Waals surface area contributed by atoms with Gasteiger partial charge in [0.2, 0.25) is 0 Å². The fourth-order valence-corrected chi connectivity index (χ4v) is 5.70. The van der Waals surface area contributed by atoms with E-state index in [4.69, 9.17) is 0 Å². The molecule has 0 saturated heterocycles. The van der Waals surface area contributed by atoms with Gasteiger partial charge in [0.15, 0.2) is 7.29 Å². The lowest BCUT2D eigenvalue weighted by Crippen LogP contribution is -2.37. The summed E-state index contributed by atoms with van der Waals surface area (Å²) in [6, 6.07) is 0. The van der Waals surface area contributed by atoms with Crippen molar-refractivity contribution >= 4 is 7.29 Å². The molecule has 0 aliphatic rings. The Kier molecular flexibility index (Phi) is 6.46. The first kappa shape index (κ1) is 17.2. The summed E-state index contributed by atoms with van der Waals surface area (Å²) in [4.78, 5) is 0. The maximum atomic E-state index is 13.2. The lowest BCUT2D eigenvalue weighted by atomic mass is 10.2. The Balaban J connectivity index is 4.50. The van der Waals surface area contributed by atoms with Crippen LogP contribution in [0.25, 0.3) is 0 Å². The van der Waals surface area contributed by atoms with Crippen LogP contribution >= 0.6 is 7.29 Å². The third-order valence-corrected chi connectivity index (χ3v) is 7.70. The maximum absolute atomic E-state index is 13.2. The normalized spacial score (nSPS) is 14.1. The van der Waals surface area contributed by atoms with Crippen molar-refractivity contribution in [2.24, 2.45) is 0 Å². The van der Waals surface area contributed by atoms with Gasteiger partial charge in [-0.1, -0.05) is 67.7 Å². The van der Waals surface area contributed by atoms with Crippen molar-refractivity contribution in [3.05, 3.63) is 0 Å². The standard InChI is InChI=1S/C14H32NOP/c1-8-9-10-11-12-15-17(16,13(2,3)4)14(5,6)7/h8-12H2,1-7H3,(H,15,16). The number of nitrogens with one attached hydrogen (secondary N) is 1. The minimum absolute atomic E-state index is 0.171. The third-order valence-electron chi connectivity index (χ3n) is 3.25. The van der Waals surface area contributed by atoms with Crippen LogP contribution in [0.1, 0.15) is 74.1 Å². The Morgan fingerprint density at radius 3 is 1.71 bits per heavy atom. The van der Waals surface area contributed by atoms with Crippen LogP contribution in [0, 0.1) is 0 Å². The van der Waals surface area contributed by atoms with Gasteiger partial charge in [-0.3, -0.25) is 5.09 Å². The van der Waals surface area contributed by atoms with E-state index in [0.717, 1.165) is 13.0 Å². The Bertz CT molecular complexity index is 242. The van der Waals surface area contributed by atoms with Crippen molar-refractivity contribution in [1.29, 1.82) is 0 Å². The SMILES string of the molecule is CCCCCCNP(=O)(C(C)(C)C)C(C)(C)C. The molecule has 0 bridgehead atoms. The van der Waals surface area contributed by atoms with Crippen molar-refractivity contribution < 1.29 is 4.57 Å². The van der Waals surface area contributed by atoms with Gasteiger partial charge in [-0.2, -0.15) is 0 Å². The zero-order chi connectivity index (χ0) is 13.7. The van der Waals surface area contributed by atoms with Gasteiger partial charge >= 0.3 is 0 Å². The average Bonchev–Trinajstić information content (AvgIpc) is 2.13. The van der Waals surface area contributed by atoms with Gasteiger partial charge < -0.3 is 4.57 Å². The highest BCUT2D eigenvalue weighted by atomic mass is 31.2. The topological polar surface area (TPSA) is 29.1 Å². The molecule has 0 aromatic carbocycles. The lowest BCUT2D eigenvalue weighted by molar-refractivity contribution is 0.500. The molecule has 0 atom stereocenters. The van der Waals surface area contributed by atoms with Gasteiger partial charge in [-0.25, -0.2) is 0 Å². The second kappa shape index (κ2) is 6.38. The molecule has 0 fully saturated rings. The smallest absolute Gasteiger partial charge is 0.157 e. The van der Waals surface area contributed by atoms with E-state index in [9.17, 15) is 4.57 Å². The second-order valence-electron chi connectivity index (χ2n) is 6.92. The summed E-state index contributed by atoms with van der Waals surface area (Å²) < 4.78 is 13.2. The molecular formula is C14H32NOP. The first-order valence-corrected chi connectivity index (χ1v) is 8.62. The number of unbranched alkanes of at least 4 members (excludes halogenated alkanes) is 3. The molecule has 2 nitrogen and oxygen atoms in total. The molecule has 0 amide bonds. The van der Waals surface area contributed by atoms with E-state index in [-0.39, 0.29) is 10.3 Å². The fourth-order valence-electron chi connectivity index (χ4n) is 2.27. The summed E-state index contributed by atoms with van der Waals surface area (Å²) in [6.45, 7) is 15.6.